The number of aryl methyl sites for hydroxylation is 1. The van der Waals surface area contributed by atoms with Crippen molar-refractivity contribution in [3.05, 3.63) is 88.5 Å². The van der Waals surface area contributed by atoms with Crippen molar-refractivity contribution in [3.63, 3.8) is 0 Å². The average Bonchev–Trinajstić information content (AvgIpc) is 2.75. The van der Waals surface area contributed by atoms with Crippen molar-refractivity contribution in [2.45, 2.75) is 6.54 Å². The smallest absolute Gasteiger partial charge is 0.293 e. The quantitative estimate of drug-likeness (QED) is 0.540. The van der Waals surface area contributed by atoms with Crippen LogP contribution in [0, 0.1) is 0 Å². The summed E-state index contributed by atoms with van der Waals surface area (Å²) in [5.41, 5.74) is 1.09. The molecule has 3 N–H and O–H groups in total. The van der Waals surface area contributed by atoms with E-state index in [-0.39, 0.29) is 12.1 Å². The van der Waals surface area contributed by atoms with Crippen LogP contribution in [0.25, 0.3) is 10.9 Å². The largest absolute Gasteiger partial charge is 0.502 e. The SMILES string of the molecule is Cn1c(=O)c(O)c(C(=O)NC/C=N/C=C\NCc2ccccc2)c2ccccc21. The summed E-state index contributed by atoms with van der Waals surface area (Å²) in [5, 5.41) is 16.5. The number of nitrogens with one attached hydrogen (secondary N) is 2. The standard InChI is InChI=1S/C22H22N4O3/c1-26-18-10-6-5-9-17(18)19(20(27)22(26)29)21(28)25-14-13-23-11-12-24-15-16-7-3-2-4-8-16/h2-13,24,27H,14-15H2,1H3,(H,25,28)/b12-11-,23-13+. The van der Waals surface area contributed by atoms with Crippen molar-refractivity contribution in [2.24, 2.45) is 12.0 Å². The lowest BCUT2D eigenvalue weighted by atomic mass is 10.1. The third-order valence-electron chi connectivity index (χ3n) is 4.39. The van der Waals surface area contributed by atoms with Crippen LogP contribution in [-0.4, -0.2) is 28.3 Å². The van der Waals surface area contributed by atoms with Crippen LogP contribution in [0.2, 0.25) is 0 Å². The number of amides is 1. The van der Waals surface area contributed by atoms with E-state index in [1.54, 1.807) is 43.7 Å². The van der Waals surface area contributed by atoms with Gasteiger partial charge in [0, 0.05) is 37.6 Å². The molecular formula is C22H22N4O3. The summed E-state index contributed by atoms with van der Waals surface area (Å²) in [4.78, 5) is 28.8. The zero-order chi connectivity index (χ0) is 20.6. The van der Waals surface area contributed by atoms with Crippen LogP contribution in [0.4, 0.5) is 0 Å². The monoisotopic (exact) mass is 390 g/mol. The Morgan fingerprint density at radius 2 is 1.86 bits per heavy atom. The van der Waals surface area contributed by atoms with E-state index >= 15 is 0 Å². The number of carbonyl (C=O) groups excluding carboxylic acids is 1. The van der Waals surface area contributed by atoms with Crippen molar-refractivity contribution in [3.8, 4) is 5.75 Å². The number of carbonyl (C=O) groups is 1. The number of fused-ring (bicyclic) bond motifs is 1. The molecule has 0 radical (unpaired) electrons. The fourth-order valence-corrected chi connectivity index (χ4v) is 2.92. The molecule has 1 amide bonds. The highest BCUT2D eigenvalue weighted by Gasteiger charge is 2.19. The number of aliphatic imine (C=N–C) groups is 1. The first-order chi connectivity index (χ1) is 14.1. The van der Waals surface area contributed by atoms with E-state index in [0.717, 1.165) is 5.56 Å². The molecule has 0 aliphatic heterocycles. The molecule has 0 saturated carbocycles. The molecule has 3 aromatic rings. The molecule has 0 atom stereocenters. The van der Waals surface area contributed by atoms with Crippen molar-refractivity contribution in [1.82, 2.24) is 15.2 Å². The van der Waals surface area contributed by atoms with Crippen molar-refractivity contribution in [1.29, 1.82) is 0 Å². The summed E-state index contributed by atoms with van der Waals surface area (Å²) >= 11 is 0. The van der Waals surface area contributed by atoms with E-state index in [9.17, 15) is 14.7 Å². The van der Waals surface area contributed by atoms with Crippen LogP contribution in [0.5, 0.6) is 5.75 Å². The summed E-state index contributed by atoms with van der Waals surface area (Å²) in [7, 11) is 1.55. The molecule has 7 heteroatoms. The highest BCUT2D eigenvalue weighted by Crippen LogP contribution is 2.23. The van der Waals surface area contributed by atoms with Crippen molar-refractivity contribution in [2.75, 3.05) is 6.54 Å². The zero-order valence-corrected chi connectivity index (χ0v) is 16.0. The molecule has 0 unspecified atom stereocenters. The summed E-state index contributed by atoms with van der Waals surface area (Å²) in [6, 6.07) is 16.9. The number of aromatic hydroxyl groups is 1. The molecule has 3 rings (SSSR count). The minimum Gasteiger partial charge on any atom is -0.502 e. The molecule has 0 aliphatic rings. The maximum Gasteiger partial charge on any atom is 0.293 e. The number of aromatic nitrogens is 1. The Morgan fingerprint density at radius 1 is 1.14 bits per heavy atom. The third kappa shape index (κ3) is 4.70. The molecule has 0 fully saturated rings. The molecule has 0 aliphatic carbocycles. The fourth-order valence-electron chi connectivity index (χ4n) is 2.92. The number of para-hydroxylation sites is 1. The Kier molecular flexibility index (Phi) is 6.42. The van der Waals surface area contributed by atoms with Crippen molar-refractivity contribution >= 4 is 23.0 Å². The molecule has 7 nitrogen and oxygen atoms in total. The Labute approximate surface area is 168 Å². The van der Waals surface area contributed by atoms with Crippen LogP contribution < -0.4 is 16.2 Å². The van der Waals surface area contributed by atoms with Crippen LogP contribution in [0.1, 0.15) is 15.9 Å². The van der Waals surface area contributed by atoms with Crippen molar-refractivity contribution < 1.29 is 9.90 Å². The lowest BCUT2D eigenvalue weighted by Gasteiger charge is -2.11. The summed E-state index contributed by atoms with van der Waals surface area (Å²) in [6.07, 6.45) is 4.82. The number of pyridine rings is 1. The number of hydrogen-bond acceptors (Lipinski definition) is 5. The van der Waals surface area contributed by atoms with E-state index in [0.29, 0.717) is 17.4 Å². The highest BCUT2D eigenvalue weighted by atomic mass is 16.3. The zero-order valence-electron chi connectivity index (χ0n) is 16.0. The number of benzene rings is 2. The van der Waals surface area contributed by atoms with Gasteiger partial charge in [0.1, 0.15) is 0 Å². The van der Waals surface area contributed by atoms with Gasteiger partial charge in [-0.1, -0.05) is 48.5 Å². The first-order valence-electron chi connectivity index (χ1n) is 9.12. The second kappa shape index (κ2) is 9.36. The van der Waals surface area contributed by atoms with E-state index in [1.807, 2.05) is 30.3 Å². The van der Waals surface area contributed by atoms with E-state index in [1.165, 1.54) is 10.8 Å². The molecule has 29 heavy (non-hydrogen) atoms. The summed E-state index contributed by atoms with van der Waals surface area (Å²) in [5.74, 6) is -1.10. The lowest BCUT2D eigenvalue weighted by Crippen LogP contribution is -2.28. The predicted octanol–water partition coefficient (Wildman–Crippen LogP) is 2.31. The van der Waals surface area contributed by atoms with Gasteiger partial charge in [0.15, 0.2) is 5.75 Å². The lowest BCUT2D eigenvalue weighted by molar-refractivity contribution is 0.0958. The van der Waals surface area contributed by atoms with E-state index in [4.69, 9.17) is 0 Å². The Hall–Kier alpha value is -3.87. The van der Waals surface area contributed by atoms with E-state index < -0.39 is 17.2 Å². The van der Waals surface area contributed by atoms with Gasteiger partial charge < -0.3 is 20.3 Å². The number of hydrogen-bond donors (Lipinski definition) is 3. The number of nitrogens with zero attached hydrogens (tertiary/aromatic N) is 2. The molecule has 1 heterocycles. The first kappa shape index (κ1) is 19.9. The normalized spacial score (nSPS) is 11.3. The van der Waals surface area contributed by atoms with Gasteiger partial charge in [-0.25, -0.2) is 0 Å². The second-order valence-electron chi connectivity index (χ2n) is 6.33. The van der Waals surface area contributed by atoms with Gasteiger partial charge in [0.05, 0.1) is 17.6 Å². The van der Waals surface area contributed by atoms with Gasteiger partial charge in [-0.05, 0) is 11.6 Å². The van der Waals surface area contributed by atoms with Crippen LogP contribution in [-0.2, 0) is 13.6 Å². The minimum absolute atomic E-state index is 0.0304. The van der Waals surface area contributed by atoms with Gasteiger partial charge in [-0.3, -0.25) is 14.6 Å². The van der Waals surface area contributed by atoms with Crippen LogP contribution in [0.3, 0.4) is 0 Å². The Balaban J connectivity index is 1.58. The minimum atomic E-state index is -0.616. The topological polar surface area (TPSA) is 95.7 Å². The molecule has 0 spiro atoms. The molecule has 148 valence electrons. The van der Waals surface area contributed by atoms with Gasteiger partial charge >= 0.3 is 0 Å². The van der Waals surface area contributed by atoms with Gasteiger partial charge in [-0.15, -0.1) is 0 Å². The maximum atomic E-state index is 12.5. The molecular weight excluding hydrogens is 368 g/mol. The Bertz CT molecular complexity index is 1120. The third-order valence-corrected chi connectivity index (χ3v) is 4.39. The molecule has 0 saturated heterocycles. The first-order valence-corrected chi connectivity index (χ1v) is 9.12. The molecule has 2 aromatic carbocycles. The summed E-state index contributed by atoms with van der Waals surface area (Å²) in [6.45, 7) is 0.851. The Morgan fingerprint density at radius 3 is 2.66 bits per heavy atom. The molecule has 1 aromatic heterocycles. The maximum absolute atomic E-state index is 12.5. The highest BCUT2D eigenvalue weighted by molar-refractivity contribution is 6.08. The van der Waals surface area contributed by atoms with Gasteiger partial charge in [-0.2, -0.15) is 0 Å². The van der Waals surface area contributed by atoms with Gasteiger partial charge in [0.25, 0.3) is 11.5 Å². The average molecular weight is 390 g/mol. The number of rotatable bonds is 7. The molecule has 0 bridgehead atoms. The second-order valence-corrected chi connectivity index (χ2v) is 6.33. The summed E-state index contributed by atoms with van der Waals surface area (Å²) < 4.78 is 1.32. The van der Waals surface area contributed by atoms with Crippen LogP contribution >= 0.6 is 0 Å². The van der Waals surface area contributed by atoms with Crippen LogP contribution in [0.15, 0.2) is 76.8 Å². The fraction of sp³-hybridized carbons (Fsp3) is 0.136. The van der Waals surface area contributed by atoms with Gasteiger partial charge in [0.2, 0.25) is 0 Å². The predicted molar refractivity (Wildman–Crippen MR) is 114 cm³/mol. The van der Waals surface area contributed by atoms with E-state index in [2.05, 4.69) is 15.6 Å².